The van der Waals surface area contributed by atoms with Gasteiger partial charge < -0.3 is 0 Å². The van der Waals surface area contributed by atoms with Gasteiger partial charge in [-0.3, -0.25) is 0 Å². The van der Waals surface area contributed by atoms with Gasteiger partial charge in [0.1, 0.15) is 9.67 Å². The quantitative estimate of drug-likeness (QED) is 0.561. The Morgan fingerprint density at radius 3 is 1.88 bits per heavy atom. The van der Waals surface area contributed by atoms with Gasteiger partial charge in [0.15, 0.2) is 0 Å². The number of hydrogen-bond acceptors (Lipinski definition) is 0. The maximum absolute atomic E-state index is 6.43. The highest BCUT2D eigenvalue weighted by molar-refractivity contribution is 6.48. The fourth-order valence-corrected chi connectivity index (χ4v) is 7.32. The van der Waals surface area contributed by atoms with Crippen molar-refractivity contribution in [2.75, 3.05) is 0 Å². The summed E-state index contributed by atoms with van der Waals surface area (Å²) in [7, 11) is 0. The summed E-state index contributed by atoms with van der Waals surface area (Å²) < 4.78 is 0. The average Bonchev–Trinajstić information content (AvgIpc) is 2.54. The van der Waals surface area contributed by atoms with Crippen LogP contribution in [0, 0.1) is 16.7 Å². The maximum atomic E-state index is 6.43. The molecular formula is C10H11Cl7. The maximum Gasteiger partial charge on any atom is 0.115 e. The third-order valence-corrected chi connectivity index (χ3v) is 8.00. The third-order valence-electron chi connectivity index (χ3n) is 4.58. The van der Waals surface area contributed by atoms with Gasteiger partial charge in [-0.2, -0.15) is 0 Å². The van der Waals surface area contributed by atoms with Crippen LogP contribution in [-0.4, -0.2) is 25.8 Å². The predicted octanol–water partition coefficient (Wildman–Crippen LogP) is 5.44. The van der Waals surface area contributed by atoms with Gasteiger partial charge in [-0.1, -0.05) is 6.92 Å². The molecule has 100 valence electrons. The van der Waals surface area contributed by atoms with Gasteiger partial charge in [0.25, 0.3) is 0 Å². The van der Waals surface area contributed by atoms with Crippen molar-refractivity contribution in [3.05, 3.63) is 0 Å². The number of halogens is 7. The Kier molecular flexibility index (Phi) is 4.35. The lowest BCUT2D eigenvalue weighted by atomic mass is 9.70. The van der Waals surface area contributed by atoms with Crippen LogP contribution in [0.2, 0.25) is 0 Å². The Labute approximate surface area is 136 Å². The van der Waals surface area contributed by atoms with E-state index in [1.807, 2.05) is 6.92 Å². The second-order valence-corrected chi connectivity index (χ2v) is 8.74. The highest BCUT2D eigenvalue weighted by Crippen LogP contribution is 2.74. The van der Waals surface area contributed by atoms with E-state index in [9.17, 15) is 0 Å². The summed E-state index contributed by atoms with van der Waals surface area (Å²) in [6.07, 6.45) is 0.584. The Morgan fingerprint density at radius 1 is 1.00 bits per heavy atom. The smallest absolute Gasteiger partial charge is 0.115 e. The second-order valence-electron chi connectivity index (χ2n) is 5.02. The number of hydrogen-bond donors (Lipinski definition) is 0. The van der Waals surface area contributed by atoms with Crippen LogP contribution in [0.15, 0.2) is 0 Å². The van der Waals surface area contributed by atoms with Gasteiger partial charge in [0.2, 0.25) is 0 Å². The Morgan fingerprint density at radius 2 is 1.53 bits per heavy atom. The van der Waals surface area contributed by atoms with Gasteiger partial charge in [0.05, 0.1) is 10.8 Å². The lowest BCUT2D eigenvalue weighted by molar-refractivity contribution is 0.140. The van der Waals surface area contributed by atoms with E-state index in [1.54, 1.807) is 0 Å². The molecule has 17 heavy (non-hydrogen) atoms. The van der Waals surface area contributed by atoms with Crippen molar-refractivity contribution in [2.24, 2.45) is 16.7 Å². The first-order valence-corrected chi connectivity index (χ1v) is 8.25. The molecule has 2 aliphatic rings. The van der Waals surface area contributed by atoms with E-state index in [-0.39, 0.29) is 22.0 Å². The molecule has 7 heteroatoms. The fourth-order valence-electron chi connectivity index (χ4n) is 3.55. The van der Waals surface area contributed by atoms with Gasteiger partial charge in [-0.05, 0) is 6.42 Å². The highest BCUT2D eigenvalue weighted by Gasteiger charge is 2.76. The van der Waals surface area contributed by atoms with Crippen LogP contribution in [0.3, 0.4) is 0 Å². The molecule has 6 atom stereocenters. The van der Waals surface area contributed by atoms with Crippen LogP contribution >= 0.6 is 81.2 Å². The van der Waals surface area contributed by atoms with Crippen molar-refractivity contribution in [3.8, 4) is 0 Å². The van der Waals surface area contributed by atoms with Crippen LogP contribution in [-0.2, 0) is 0 Å². The normalized spacial score (nSPS) is 54.0. The van der Waals surface area contributed by atoms with E-state index >= 15 is 0 Å². The largest absolute Gasteiger partial charge is 0.123 e. The zero-order valence-corrected chi connectivity index (χ0v) is 14.1. The monoisotopic (exact) mass is 376 g/mol. The van der Waals surface area contributed by atoms with Gasteiger partial charge in [-0.25, -0.2) is 0 Å². The molecule has 0 N–H and O–H groups in total. The molecule has 0 spiro atoms. The van der Waals surface area contributed by atoms with E-state index in [1.165, 1.54) is 0 Å². The summed E-state index contributed by atoms with van der Waals surface area (Å²) in [5.41, 5.74) is -1.22. The first-order chi connectivity index (χ1) is 7.71. The first-order valence-electron chi connectivity index (χ1n) is 5.19. The molecule has 0 aromatic carbocycles. The minimum Gasteiger partial charge on any atom is -0.123 e. The number of rotatable bonds is 2. The lowest BCUT2D eigenvalue weighted by Crippen LogP contribution is -2.47. The molecule has 0 amide bonds. The molecule has 2 aliphatic carbocycles. The van der Waals surface area contributed by atoms with Crippen LogP contribution < -0.4 is 0 Å². The molecule has 0 radical (unpaired) electrons. The lowest BCUT2D eigenvalue weighted by Gasteiger charge is -2.44. The summed E-state index contributed by atoms with van der Waals surface area (Å²) >= 11 is 43.8. The number of alkyl halides is 7. The van der Waals surface area contributed by atoms with Crippen molar-refractivity contribution in [1.82, 2.24) is 0 Å². The molecular weight excluding hydrogens is 368 g/mol. The molecule has 2 saturated carbocycles. The average molecular weight is 379 g/mol. The SMILES string of the molecule is CC1(C(Cl)Cl)[C@@H]2[C@H](Cl)[C@H](Cl)[C@@]1(C(Cl)Cl)C[C@H]2Cl. The predicted molar refractivity (Wildman–Crippen MR) is 78.6 cm³/mol. The van der Waals surface area contributed by atoms with Crippen LogP contribution in [0.25, 0.3) is 0 Å². The van der Waals surface area contributed by atoms with E-state index in [0.717, 1.165) is 0 Å². The van der Waals surface area contributed by atoms with Crippen LogP contribution in [0.5, 0.6) is 0 Å². The van der Waals surface area contributed by atoms with Gasteiger partial charge in [-0.15, -0.1) is 81.2 Å². The Hall–Kier alpha value is 2.03. The topological polar surface area (TPSA) is 0 Å². The van der Waals surface area contributed by atoms with Crippen LogP contribution in [0.4, 0.5) is 0 Å². The highest BCUT2D eigenvalue weighted by atomic mass is 35.5. The molecule has 2 bridgehead atoms. The summed E-state index contributed by atoms with van der Waals surface area (Å²) in [4.78, 5) is -1.37. The second kappa shape index (κ2) is 4.79. The molecule has 0 aromatic heterocycles. The van der Waals surface area contributed by atoms with E-state index in [4.69, 9.17) is 81.2 Å². The summed E-state index contributed by atoms with van der Waals surface area (Å²) in [6.45, 7) is 1.93. The summed E-state index contributed by atoms with van der Waals surface area (Å²) in [6, 6.07) is 0. The molecule has 0 nitrogen and oxygen atoms in total. The number of fused-ring (bicyclic) bond motifs is 2. The Bertz CT molecular complexity index is 320. The van der Waals surface area contributed by atoms with Crippen molar-refractivity contribution in [1.29, 1.82) is 0 Å². The zero-order chi connectivity index (χ0) is 13.2. The van der Waals surface area contributed by atoms with Crippen LogP contribution in [0.1, 0.15) is 13.3 Å². The molecule has 0 aliphatic heterocycles. The van der Waals surface area contributed by atoms with Gasteiger partial charge in [0, 0.05) is 22.1 Å². The molecule has 0 saturated heterocycles. The molecule has 2 fully saturated rings. The molecule has 2 rings (SSSR count). The van der Waals surface area contributed by atoms with Crippen molar-refractivity contribution in [3.63, 3.8) is 0 Å². The minimum atomic E-state index is -0.704. The molecule has 0 heterocycles. The Balaban J connectivity index is 2.59. The van der Waals surface area contributed by atoms with Gasteiger partial charge >= 0.3 is 0 Å². The van der Waals surface area contributed by atoms with Crippen molar-refractivity contribution >= 4 is 81.2 Å². The zero-order valence-electron chi connectivity index (χ0n) is 8.82. The third kappa shape index (κ3) is 1.71. The van der Waals surface area contributed by atoms with E-state index in [2.05, 4.69) is 0 Å². The standard InChI is InChI=1S/C10H11Cl7/c1-9(7(14)15)4-3(11)2-10(9,8(16)17)6(13)5(4)12/h3-8H,2H2,1H3/t3-,4+,5+,6+,9?,10-/m1/s1. The summed E-state index contributed by atoms with van der Waals surface area (Å²) in [5, 5.41) is -0.857. The molecule has 1 unspecified atom stereocenters. The van der Waals surface area contributed by atoms with Crippen molar-refractivity contribution in [2.45, 2.75) is 39.1 Å². The van der Waals surface area contributed by atoms with E-state index in [0.29, 0.717) is 6.42 Å². The minimum absolute atomic E-state index is 0.0895. The first kappa shape index (κ1) is 15.4. The molecule has 0 aromatic rings. The van der Waals surface area contributed by atoms with Crippen molar-refractivity contribution < 1.29 is 0 Å². The summed E-state index contributed by atoms with van der Waals surface area (Å²) in [5.74, 6) is -0.0895. The fraction of sp³-hybridized carbons (Fsp3) is 1.00. The van der Waals surface area contributed by atoms with E-state index < -0.39 is 20.5 Å².